The molecule has 1 aliphatic carbocycles. The molecule has 0 bridgehead atoms. The van der Waals surface area contributed by atoms with Crippen molar-refractivity contribution in [3.05, 3.63) is 60.2 Å². The maximum Gasteiger partial charge on any atom is 0.237 e. The molecule has 0 spiro atoms. The Balaban J connectivity index is 1.53. The average Bonchev–Trinajstić information content (AvgIpc) is 3.48. The Hall–Kier alpha value is -2.74. The topological polar surface area (TPSA) is 51.0 Å². The summed E-state index contributed by atoms with van der Waals surface area (Å²) in [6, 6.07) is 12.6. The van der Waals surface area contributed by atoms with E-state index in [0.717, 1.165) is 12.8 Å². The van der Waals surface area contributed by atoms with E-state index in [1.807, 2.05) is 11.5 Å². The SMILES string of the molecule is CCN(C(=O)CSc1nnc(-c2ccccc2F)n1C1CC1)c1ccc(F)cc1. The Morgan fingerprint density at radius 2 is 1.86 bits per heavy atom. The van der Waals surface area contributed by atoms with E-state index in [4.69, 9.17) is 0 Å². The van der Waals surface area contributed by atoms with E-state index in [-0.39, 0.29) is 29.3 Å². The predicted octanol–water partition coefficient (Wildman–Crippen LogP) is 4.70. The molecular formula is C21H20F2N4OS. The van der Waals surface area contributed by atoms with Crippen molar-refractivity contribution >= 4 is 23.4 Å². The Morgan fingerprint density at radius 1 is 1.14 bits per heavy atom. The molecule has 3 aromatic rings. The first-order valence-electron chi connectivity index (χ1n) is 9.47. The van der Waals surface area contributed by atoms with Gasteiger partial charge in [0.25, 0.3) is 0 Å². The molecule has 4 rings (SSSR count). The first kappa shape index (κ1) is 19.6. The molecule has 0 aliphatic heterocycles. The Bertz CT molecular complexity index is 1020. The summed E-state index contributed by atoms with van der Waals surface area (Å²) in [5.41, 5.74) is 1.06. The predicted molar refractivity (Wildman–Crippen MR) is 109 cm³/mol. The number of thioether (sulfide) groups is 1. The summed E-state index contributed by atoms with van der Waals surface area (Å²) in [7, 11) is 0. The highest BCUT2D eigenvalue weighted by molar-refractivity contribution is 7.99. The van der Waals surface area contributed by atoms with E-state index >= 15 is 0 Å². The molecule has 29 heavy (non-hydrogen) atoms. The van der Waals surface area contributed by atoms with Crippen molar-refractivity contribution in [1.29, 1.82) is 0 Å². The molecule has 0 saturated heterocycles. The molecule has 1 saturated carbocycles. The number of carbonyl (C=O) groups excluding carboxylic acids is 1. The van der Waals surface area contributed by atoms with Gasteiger partial charge in [-0.05, 0) is 56.2 Å². The zero-order chi connectivity index (χ0) is 20.4. The van der Waals surface area contributed by atoms with Crippen LogP contribution in [0, 0.1) is 11.6 Å². The molecule has 0 unspecified atom stereocenters. The first-order chi connectivity index (χ1) is 14.1. The van der Waals surface area contributed by atoms with Gasteiger partial charge in [-0.1, -0.05) is 23.9 Å². The van der Waals surface area contributed by atoms with Gasteiger partial charge >= 0.3 is 0 Å². The minimum absolute atomic E-state index is 0.109. The molecule has 0 N–H and O–H groups in total. The Morgan fingerprint density at radius 3 is 2.52 bits per heavy atom. The summed E-state index contributed by atoms with van der Waals surface area (Å²) in [5, 5.41) is 9.04. The number of amides is 1. The van der Waals surface area contributed by atoms with Crippen LogP contribution >= 0.6 is 11.8 Å². The average molecular weight is 414 g/mol. The normalized spacial score (nSPS) is 13.5. The molecule has 5 nitrogen and oxygen atoms in total. The van der Waals surface area contributed by atoms with Gasteiger partial charge in [-0.15, -0.1) is 10.2 Å². The van der Waals surface area contributed by atoms with Crippen LogP contribution in [-0.4, -0.2) is 33.0 Å². The maximum atomic E-state index is 14.3. The lowest BCUT2D eigenvalue weighted by Crippen LogP contribution is -2.32. The fourth-order valence-electron chi connectivity index (χ4n) is 3.19. The highest BCUT2D eigenvalue weighted by atomic mass is 32.2. The van der Waals surface area contributed by atoms with Gasteiger partial charge in [-0.3, -0.25) is 9.36 Å². The highest BCUT2D eigenvalue weighted by Gasteiger charge is 2.31. The number of anilines is 1. The van der Waals surface area contributed by atoms with Crippen molar-refractivity contribution in [3.63, 3.8) is 0 Å². The summed E-state index contributed by atoms with van der Waals surface area (Å²) in [6.45, 7) is 2.34. The molecule has 150 valence electrons. The number of benzene rings is 2. The van der Waals surface area contributed by atoms with Gasteiger partial charge < -0.3 is 4.90 Å². The molecule has 2 aromatic carbocycles. The van der Waals surface area contributed by atoms with E-state index in [0.29, 0.717) is 28.8 Å². The van der Waals surface area contributed by atoms with Crippen LogP contribution in [0.4, 0.5) is 14.5 Å². The van der Waals surface area contributed by atoms with Crippen LogP contribution in [0.5, 0.6) is 0 Å². The second-order valence-corrected chi connectivity index (χ2v) is 7.73. The van der Waals surface area contributed by atoms with Crippen molar-refractivity contribution in [3.8, 4) is 11.4 Å². The fraction of sp³-hybridized carbons (Fsp3) is 0.286. The lowest BCUT2D eigenvalue weighted by molar-refractivity contribution is -0.116. The van der Waals surface area contributed by atoms with E-state index in [1.165, 1.54) is 30.0 Å². The third-order valence-electron chi connectivity index (χ3n) is 4.77. The van der Waals surface area contributed by atoms with E-state index < -0.39 is 0 Å². The lowest BCUT2D eigenvalue weighted by atomic mass is 10.2. The van der Waals surface area contributed by atoms with Crippen LogP contribution in [0.2, 0.25) is 0 Å². The van der Waals surface area contributed by atoms with Crippen LogP contribution in [-0.2, 0) is 4.79 Å². The Kier molecular flexibility index (Phi) is 5.62. The second-order valence-electron chi connectivity index (χ2n) is 6.79. The summed E-state index contributed by atoms with van der Waals surface area (Å²) in [6.07, 6.45) is 1.97. The Labute approximate surface area is 171 Å². The monoisotopic (exact) mass is 414 g/mol. The molecule has 1 aliphatic rings. The van der Waals surface area contributed by atoms with Crippen LogP contribution in [0.15, 0.2) is 53.7 Å². The van der Waals surface area contributed by atoms with Crippen LogP contribution in [0.3, 0.4) is 0 Å². The quantitative estimate of drug-likeness (QED) is 0.526. The van der Waals surface area contributed by atoms with Gasteiger partial charge in [0.1, 0.15) is 11.6 Å². The number of aromatic nitrogens is 3. The number of hydrogen-bond acceptors (Lipinski definition) is 4. The van der Waals surface area contributed by atoms with Gasteiger partial charge in [0.15, 0.2) is 11.0 Å². The van der Waals surface area contributed by atoms with Gasteiger partial charge in [0.05, 0.1) is 11.3 Å². The number of halogens is 2. The smallest absolute Gasteiger partial charge is 0.237 e. The minimum Gasteiger partial charge on any atom is -0.312 e. The fourth-order valence-corrected chi connectivity index (χ4v) is 4.07. The van der Waals surface area contributed by atoms with Crippen molar-refractivity contribution in [2.45, 2.75) is 31.0 Å². The third-order valence-corrected chi connectivity index (χ3v) is 5.70. The number of hydrogen-bond donors (Lipinski definition) is 0. The van der Waals surface area contributed by atoms with E-state index in [9.17, 15) is 13.6 Å². The molecule has 0 radical (unpaired) electrons. The van der Waals surface area contributed by atoms with Crippen molar-refractivity contribution in [2.75, 3.05) is 17.2 Å². The molecule has 1 fully saturated rings. The zero-order valence-electron chi connectivity index (χ0n) is 15.9. The zero-order valence-corrected chi connectivity index (χ0v) is 16.7. The van der Waals surface area contributed by atoms with Gasteiger partial charge in [-0.25, -0.2) is 8.78 Å². The lowest BCUT2D eigenvalue weighted by Gasteiger charge is -2.20. The number of rotatable bonds is 7. The van der Waals surface area contributed by atoms with Crippen molar-refractivity contribution in [2.24, 2.45) is 0 Å². The molecular weight excluding hydrogens is 394 g/mol. The first-order valence-corrected chi connectivity index (χ1v) is 10.5. The van der Waals surface area contributed by atoms with Crippen LogP contribution in [0.1, 0.15) is 25.8 Å². The summed E-state index contributed by atoms with van der Waals surface area (Å²) >= 11 is 1.29. The maximum absolute atomic E-state index is 14.3. The van der Waals surface area contributed by atoms with Gasteiger partial charge in [0.2, 0.25) is 5.91 Å². The van der Waals surface area contributed by atoms with Crippen molar-refractivity contribution in [1.82, 2.24) is 14.8 Å². The van der Waals surface area contributed by atoms with Gasteiger partial charge in [0, 0.05) is 18.3 Å². The molecule has 8 heteroatoms. The second kappa shape index (κ2) is 8.32. The molecule has 1 amide bonds. The van der Waals surface area contributed by atoms with Crippen molar-refractivity contribution < 1.29 is 13.6 Å². The van der Waals surface area contributed by atoms with Crippen LogP contribution < -0.4 is 4.90 Å². The van der Waals surface area contributed by atoms with Crippen LogP contribution in [0.25, 0.3) is 11.4 Å². The standard InChI is InChI=1S/C21H20F2N4OS/c1-2-26(15-9-7-14(22)8-10-15)19(28)13-29-21-25-24-20(27(21)16-11-12-16)17-5-3-4-6-18(17)23/h3-10,16H,2,11-13H2,1H3. The summed E-state index contributed by atoms with van der Waals surface area (Å²) in [4.78, 5) is 14.4. The summed E-state index contributed by atoms with van der Waals surface area (Å²) in [5.74, 6) is -0.145. The highest BCUT2D eigenvalue weighted by Crippen LogP contribution is 2.41. The van der Waals surface area contributed by atoms with Gasteiger partial charge in [-0.2, -0.15) is 0 Å². The van der Waals surface area contributed by atoms with E-state index in [1.54, 1.807) is 35.2 Å². The molecule has 0 atom stereocenters. The molecule has 1 aromatic heterocycles. The number of carbonyl (C=O) groups is 1. The van der Waals surface area contributed by atoms with E-state index in [2.05, 4.69) is 10.2 Å². The summed E-state index contributed by atoms with van der Waals surface area (Å²) < 4.78 is 29.4. The molecule has 1 heterocycles. The minimum atomic E-state index is -0.345. The third kappa shape index (κ3) is 4.17. The largest absolute Gasteiger partial charge is 0.312 e. The number of nitrogens with zero attached hydrogens (tertiary/aromatic N) is 4.